The van der Waals surface area contributed by atoms with Gasteiger partial charge in [-0.1, -0.05) is 96.5 Å². The minimum absolute atomic E-state index is 0.0903. The second-order valence-corrected chi connectivity index (χ2v) is 12.9. The van der Waals surface area contributed by atoms with Crippen molar-refractivity contribution >= 4 is 7.82 Å². The number of ether oxygens (including phenoxy) is 2. The van der Waals surface area contributed by atoms with E-state index in [1.807, 2.05) is 27.2 Å². The Hall–Kier alpha value is -0.270. The smallest absolute Gasteiger partial charge is 0.268 e. The second kappa shape index (κ2) is 25.7. The summed E-state index contributed by atoms with van der Waals surface area (Å²) < 4.78 is 34.5. The zero-order valence-electron chi connectivity index (χ0n) is 25.5. The van der Waals surface area contributed by atoms with Crippen molar-refractivity contribution in [2.24, 2.45) is 0 Å². The van der Waals surface area contributed by atoms with Crippen LogP contribution in [0.3, 0.4) is 0 Å². The number of phosphoric acid groups is 1. The predicted molar refractivity (Wildman–Crippen MR) is 157 cm³/mol. The van der Waals surface area contributed by atoms with E-state index in [2.05, 4.69) is 13.5 Å². The maximum absolute atomic E-state index is 12.1. The summed E-state index contributed by atoms with van der Waals surface area (Å²) >= 11 is 0. The third kappa shape index (κ3) is 28.7. The molecule has 0 aliphatic rings. The number of allylic oxidation sites excluding steroid dienone is 1. The van der Waals surface area contributed by atoms with Gasteiger partial charge in [0.25, 0.3) is 7.82 Å². The van der Waals surface area contributed by atoms with Crippen LogP contribution in [-0.2, 0) is 23.1 Å². The van der Waals surface area contributed by atoms with E-state index in [4.69, 9.17) is 18.5 Å². The number of rotatable bonds is 30. The van der Waals surface area contributed by atoms with Gasteiger partial charge in [0.05, 0.1) is 34.4 Å². The SMILES string of the molecule is C=CCCCCOC(COCCCCCCCCCCCCCCCC)COP(=O)([O-])OCC[N+](C)(C)C. The van der Waals surface area contributed by atoms with Crippen LogP contribution in [0.15, 0.2) is 12.7 Å². The quantitative estimate of drug-likeness (QED) is 0.0391. The average Bonchev–Trinajstić information content (AvgIpc) is 2.85. The number of hydrogen-bond acceptors (Lipinski definition) is 6. The van der Waals surface area contributed by atoms with Crippen molar-refractivity contribution in [2.75, 3.05) is 60.7 Å². The zero-order valence-corrected chi connectivity index (χ0v) is 26.4. The first kappa shape index (κ1) is 37.7. The lowest BCUT2D eigenvalue weighted by Gasteiger charge is -2.28. The highest BCUT2D eigenvalue weighted by Gasteiger charge is 2.17. The Labute approximate surface area is 235 Å². The third-order valence-corrected chi connectivity index (χ3v) is 7.50. The Morgan fingerprint density at radius 3 is 1.79 bits per heavy atom. The molecule has 7 nitrogen and oxygen atoms in total. The number of likely N-dealkylation sites (N-methyl/N-ethyl adjacent to an activating group) is 1. The summed E-state index contributed by atoms with van der Waals surface area (Å²) in [5, 5.41) is 0. The maximum atomic E-state index is 12.1. The Morgan fingerprint density at radius 1 is 0.737 bits per heavy atom. The molecule has 0 spiro atoms. The Morgan fingerprint density at radius 2 is 1.26 bits per heavy atom. The van der Waals surface area contributed by atoms with Gasteiger partial charge in [-0.05, 0) is 25.7 Å². The summed E-state index contributed by atoms with van der Waals surface area (Å²) in [4.78, 5) is 12.1. The van der Waals surface area contributed by atoms with Crippen molar-refractivity contribution in [2.45, 2.75) is 122 Å². The first-order chi connectivity index (χ1) is 18.2. The van der Waals surface area contributed by atoms with E-state index in [1.165, 1.54) is 77.0 Å². The lowest BCUT2D eigenvalue weighted by atomic mass is 10.0. The van der Waals surface area contributed by atoms with Crippen molar-refractivity contribution in [3.05, 3.63) is 12.7 Å². The summed E-state index contributed by atoms with van der Waals surface area (Å²) in [5.41, 5.74) is 0. The highest BCUT2D eigenvalue weighted by atomic mass is 31.2. The standard InChI is InChI=1S/C30H62NO6P/c1-6-8-10-12-13-14-15-16-17-18-19-20-21-22-25-34-28-30(35-26-23-11-9-7-2)29-37-38(32,33)36-27-24-31(3,4)5/h7,30H,2,6,8-29H2,1,3-5H3. The average molecular weight is 564 g/mol. The minimum atomic E-state index is -4.37. The Bertz CT molecular complexity index is 569. The lowest BCUT2D eigenvalue weighted by molar-refractivity contribution is -0.870. The monoisotopic (exact) mass is 563 g/mol. The molecule has 38 heavy (non-hydrogen) atoms. The molecule has 8 heteroatoms. The van der Waals surface area contributed by atoms with Crippen LogP contribution in [0, 0.1) is 0 Å². The van der Waals surface area contributed by atoms with E-state index in [-0.39, 0.29) is 13.2 Å². The molecule has 0 aromatic heterocycles. The molecule has 0 N–H and O–H groups in total. The second-order valence-electron chi connectivity index (χ2n) is 11.5. The van der Waals surface area contributed by atoms with Crippen LogP contribution in [0.1, 0.15) is 116 Å². The normalized spacial score (nSPS) is 14.4. The summed E-state index contributed by atoms with van der Waals surface area (Å²) in [6.07, 6.45) is 22.8. The van der Waals surface area contributed by atoms with Gasteiger partial charge in [0.1, 0.15) is 19.3 Å². The fourth-order valence-electron chi connectivity index (χ4n) is 4.04. The molecule has 2 atom stereocenters. The van der Waals surface area contributed by atoms with Gasteiger partial charge in [-0.2, -0.15) is 0 Å². The summed E-state index contributed by atoms with van der Waals surface area (Å²) in [6, 6.07) is 0. The van der Waals surface area contributed by atoms with E-state index in [9.17, 15) is 9.46 Å². The molecule has 0 aliphatic carbocycles. The van der Waals surface area contributed by atoms with E-state index >= 15 is 0 Å². The number of unbranched alkanes of at least 4 members (excludes halogenated alkanes) is 15. The first-order valence-electron chi connectivity index (χ1n) is 15.4. The van der Waals surface area contributed by atoms with Crippen LogP contribution in [0.2, 0.25) is 0 Å². The summed E-state index contributed by atoms with van der Waals surface area (Å²) in [6.45, 7) is 8.09. The van der Waals surface area contributed by atoms with Crippen LogP contribution < -0.4 is 4.89 Å². The van der Waals surface area contributed by atoms with Gasteiger partial charge < -0.3 is 27.9 Å². The molecule has 0 saturated carbocycles. The summed E-state index contributed by atoms with van der Waals surface area (Å²) in [7, 11) is 1.57. The Balaban J connectivity index is 3.96. The van der Waals surface area contributed by atoms with Crippen molar-refractivity contribution in [3.63, 3.8) is 0 Å². The maximum Gasteiger partial charge on any atom is 0.268 e. The largest absolute Gasteiger partial charge is 0.756 e. The molecule has 0 amide bonds. The van der Waals surface area contributed by atoms with E-state index in [1.54, 1.807) is 0 Å². The molecule has 228 valence electrons. The molecule has 2 unspecified atom stereocenters. The molecule has 0 bridgehead atoms. The van der Waals surface area contributed by atoms with Crippen molar-refractivity contribution in [1.29, 1.82) is 0 Å². The lowest BCUT2D eigenvalue weighted by Crippen LogP contribution is -2.37. The van der Waals surface area contributed by atoms with Gasteiger partial charge in [0.2, 0.25) is 0 Å². The van der Waals surface area contributed by atoms with Crippen LogP contribution in [0.4, 0.5) is 0 Å². The third-order valence-electron chi connectivity index (χ3n) is 6.53. The van der Waals surface area contributed by atoms with Gasteiger partial charge in [-0.15, -0.1) is 6.58 Å². The van der Waals surface area contributed by atoms with Crippen molar-refractivity contribution < 1.29 is 32.5 Å². The van der Waals surface area contributed by atoms with Crippen LogP contribution in [0.25, 0.3) is 0 Å². The van der Waals surface area contributed by atoms with Gasteiger partial charge in [0, 0.05) is 13.2 Å². The molecule has 0 aromatic carbocycles. The molecule has 0 aromatic rings. The number of quaternary nitrogens is 1. The van der Waals surface area contributed by atoms with Crippen LogP contribution in [0.5, 0.6) is 0 Å². The fourth-order valence-corrected chi connectivity index (χ4v) is 4.77. The van der Waals surface area contributed by atoms with Gasteiger partial charge in [0.15, 0.2) is 0 Å². The van der Waals surface area contributed by atoms with Crippen molar-refractivity contribution in [1.82, 2.24) is 0 Å². The van der Waals surface area contributed by atoms with E-state index in [0.717, 1.165) is 32.1 Å². The highest BCUT2D eigenvalue weighted by Crippen LogP contribution is 2.38. The fraction of sp³-hybridized carbons (Fsp3) is 0.933. The Kier molecular flexibility index (Phi) is 25.5. The topological polar surface area (TPSA) is 77.1 Å². The van der Waals surface area contributed by atoms with Crippen LogP contribution >= 0.6 is 7.82 Å². The van der Waals surface area contributed by atoms with E-state index in [0.29, 0.717) is 30.8 Å². The van der Waals surface area contributed by atoms with Gasteiger partial charge >= 0.3 is 0 Å². The molecular formula is C30H62NO6P. The van der Waals surface area contributed by atoms with Crippen LogP contribution in [-0.4, -0.2) is 71.3 Å². The number of hydrogen-bond donors (Lipinski definition) is 0. The molecule has 0 rings (SSSR count). The number of nitrogens with zero attached hydrogens (tertiary/aromatic N) is 1. The van der Waals surface area contributed by atoms with Gasteiger partial charge in [-0.3, -0.25) is 4.57 Å². The zero-order chi connectivity index (χ0) is 28.4. The molecule has 0 radical (unpaired) electrons. The number of phosphoric ester groups is 1. The van der Waals surface area contributed by atoms with Crippen molar-refractivity contribution in [3.8, 4) is 0 Å². The molecule has 0 heterocycles. The highest BCUT2D eigenvalue weighted by molar-refractivity contribution is 7.45. The molecule has 0 fully saturated rings. The molecule has 0 saturated heterocycles. The molecular weight excluding hydrogens is 501 g/mol. The van der Waals surface area contributed by atoms with Gasteiger partial charge in [-0.25, -0.2) is 0 Å². The first-order valence-corrected chi connectivity index (χ1v) is 16.9. The minimum Gasteiger partial charge on any atom is -0.756 e. The summed E-state index contributed by atoms with van der Waals surface area (Å²) in [5.74, 6) is 0. The molecule has 0 aliphatic heterocycles. The predicted octanol–water partition coefficient (Wildman–Crippen LogP) is 7.43. The van der Waals surface area contributed by atoms with E-state index < -0.39 is 13.9 Å².